The molecule has 5 heteroatoms. The summed E-state index contributed by atoms with van der Waals surface area (Å²) in [6, 6.07) is 20.1. The third-order valence-corrected chi connectivity index (χ3v) is 30.7. The Bertz CT molecular complexity index is 409. The van der Waals surface area contributed by atoms with Gasteiger partial charge in [0.1, 0.15) is 0 Å². The Balaban J connectivity index is 2.02. The zero-order valence-electron chi connectivity index (χ0n) is 9.09. The van der Waals surface area contributed by atoms with Gasteiger partial charge in [0.25, 0.3) is 0 Å². The van der Waals surface area contributed by atoms with Gasteiger partial charge in [0, 0.05) is 0 Å². The third-order valence-electron chi connectivity index (χ3n) is 2.36. The maximum absolute atomic E-state index is 6.41. The van der Waals surface area contributed by atoms with Gasteiger partial charge in [0.05, 0.1) is 0 Å². The van der Waals surface area contributed by atoms with Crippen molar-refractivity contribution in [1.82, 2.24) is 0 Å². The molecule has 0 spiro atoms. The zero-order valence-corrected chi connectivity index (χ0v) is 17.2. The van der Waals surface area contributed by atoms with Crippen LogP contribution >= 0.6 is 17.8 Å². The topological polar surface area (TPSA) is 9.23 Å². The van der Waals surface area contributed by atoms with Crippen LogP contribution in [-0.4, -0.2) is 38.1 Å². The second-order valence-corrected chi connectivity index (χ2v) is 22.3. The number of hydrogen-bond donors (Lipinski definition) is 0. The van der Waals surface area contributed by atoms with Crippen molar-refractivity contribution < 1.29 is 1.41 Å². The van der Waals surface area contributed by atoms with Crippen molar-refractivity contribution in [3.8, 4) is 0 Å². The first-order chi connectivity index (χ1) is 8.27. The molecule has 2 rings (SSSR count). The molecule has 17 heavy (non-hydrogen) atoms. The molecule has 0 fully saturated rings. The van der Waals surface area contributed by atoms with E-state index in [4.69, 9.17) is 19.3 Å². The molecular formula is C12H12Cl2OSn2. The Kier molecular flexibility index (Phi) is 5.96. The van der Waals surface area contributed by atoms with Gasteiger partial charge in [-0.2, -0.15) is 0 Å². The Morgan fingerprint density at radius 3 is 1.35 bits per heavy atom. The Labute approximate surface area is 124 Å². The van der Waals surface area contributed by atoms with E-state index < -0.39 is 38.1 Å². The van der Waals surface area contributed by atoms with Crippen molar-refractivity contribution in [3.63, 3.8) is 0 Å². The van der Waals surface area contributed by atoms with Gasteiger partial charge in [0.15, 0.2) is 0 Å². The fourth-order valence-electron chi connectivity index (χ4n) is 1.47. The van der Waals surface area contributed by atoms with Crippen molar-refractivity contribution in [2.75, 3.05) is 0 Å². The predicted molar refractivity (Wildman–Crippen MR) is 79.2 cm³/mol. The van der Waals surface area contributed by atoms with Crippen LogP contribution in [0, 0.1) is 0 Å². The van der Waals surface area contributed by atoms with Crippen LogP contribution in [0.25, 0.3) is 0 Å². The summed E-state index contributed by atoms with van der Waals surface area (Å²) < 4.78 is 8.30. The summed E-state index contributed by atoms with van der Waals surface area (Å²) >= 11 is -5.15. The first-order valence-corrected chi connectivity index (χ1v) is 19.6. The molecule has 0 aliphatic rings. The molecule has 2 aromatic rings. The molecule has 0 N–H and O–H groups in total. The molecule has 0 amide bonds. The van der Waals surface area contributed by atoms with E-state index in [1.165, 1.54) is 0 Å². The first-order valence-electron chi connectivity index (χ1n) is 5.31. The van der Waals surface area contributed by atoms with E-state index in [0.29, 0.717) is 0 Å². The van der Waals surface area contributed by atoms with E-state index in [2.05, 4.69) is 0 Å². The van der Waals surface area contributed by atoms with Crippen LogP contribution in [-0.2, 0) is 1.41 Å². The quantitative estimate of drug-likeness (QED) is 0.606. The monoisotopic (exact) mass is 482 g/mol. The van der Waals surface area contributed by atoms with Crippen LogP contribution in [0.4, 0.5) is 0 Å². The van der Waals surface area contributed by atoms with Gasteiger partial charge < -0.3 is 0 Å². The van der Waals surface area contributed by atoms with Gasteiger partial charge in [-0.15, -0.1) is 0 Å². The molecule has 0 heterocycles. The molecule has 0 saturated heterocycles. The molecular weight excluding hydrogens is 468 g/mol. The minimum atomic E-state index is -2.57. The van der Waals surface area contributed by atoms with Crippen molar-refractivity contribution in [2.24, 2.45) is 0 Å². The SMILES string of the molecule is [Cl][SnH]([O][SnH]([Cl])[c]1ccccc1)[c]1ccccc1. The summed E-state index contributed by atoms with van der Waals surface area (Å²) in [4.78, 5) is 0. The number of hydrogen-bond acceptors (Lipinski definition) is 1. The predicted octanol–water partition coefficient (Wildman–Crippen LogP) is 1.74. The number of halogens is 2. The summed E-state index contributed by atoms with van der Waals surface area (Å²) in [6.07, 6.45) is 0. The molecule has 2 atom stereocenters. The molecule has 0 aliphatic carbocycles. The minimum absolute atomic E-state index is 1.16. The Morgan fingerprint density at radius 1 is 0.647 bits per heavy atom. The standard InChI is InChI=1S/2C6H5.2ClH.O.2Sn.2H/c2*1-2-4-6-5-3-1;;;;;;;/h2*1-5H;2*1H;;;;;/q;;;;;2*+1;;/p-2. The number of rotatable bonds is 4. The molecule has 2 aromatic carbocycles. The molecule has 0 saturated carbocycles. The van der Waals surface area contributed by atoms with Crippen LogP contribution in [0.2, 0.25) is 0 Å². The van der Waals surface area contributed by atoms with Gasteiger partial charge in [-0.3, -0.25) is 0 Å². The molecule has 88 valence electrons. The maximum atomic E-state index is 6.41. The van der Waals surface area contributed by atoms with Crippen LogP contribution in [0.15, 0.2) is 60.7 Å². The summed E-state index contributed by atoms with van der Waals surface area (Å²) in [5.41, 5.74) is 0. The van der Waals surface area contributed by atoms with E-state index in [9.17, 15) is 0 Å². The second kappa shape index (κ2) is 7.24. The molecule has 0 aliphatic heterocycles. The van der Waals surface area contributed by atoms with Gasteiger partial charge in [-0.05, 0) is 0 Å². The van der Waals surface area contributed by atoms with E-state index in [0.717, 1.165) is 7.16 Å². The molecule has 2 unspecified atom stereocenters. The van der Waals surface area contributed by atoms with Crippen molar-refractivity contribution in [2.45, 2.75) is 0 Å². The van der Waals surface area contributed by atoms with E-state index in [-0.39, 0.29) is 0 Å². The molecule has 0 aromatic heterocycles. The number of benzene rings is 2. The normalized spacial score (nSPS) is 14.2. The average molecular weight is 481 g/mol. The van der Waals surface area contributed by atoms with Gasteiger partial charge >= 0.3 is 125 Å². The first kappa shape index (κ1) is 14.0. The van der Waals surface area contributed by atoms with Crippen LogP contribution in [0.5, 0.6) is 0 Å². The Hall–Kier alpha value is 0.577. The van der Waals surface area contributed by atoms with Crippen LogP contribution in [0.3, 0.4) is 0 Å². The van der Waals surface area contributed by atoms with Gasteiger partial charge in [-0.25, -0.2) is 0 Å². The molecule has 0 bridgehead atoms. The second-order valence-electron chi connectivity index (χ2n) is 3.59. The van der Waals surface area contributed by atoms with E-state index in [1.807, 2.05) is 60.7 Å². The zero-order chi connectivity index (χ0) is 12.1. The van der Waals surface area contributed by atoms with Gasteiger partial charge in [-0.1, -0.05) is 0 Å². The van der Waals surface area contributed by atoms with E-state index >= 15 is 0 Å². The summed E-state index contributed by atoms with van der Waals surface area (Å²) in [6.45, 7) is 0. The fourth-order valence-corrected chi connectivity index (χ4v) is 29.6. The van der Waals surface area contributed by atoms with Crippen molar-refractivity contribution in [3.05, 3.63) is 60.7 Å². The summed E-state index contributed by atoms with van der Waals surface area (Å²) in [5.74, 6) is 0. The van der Waals surface area contributed by atoms with Gasteiger partial charge in [0.2, 0.25) is 0 Å². The third kappa shape index (κ3) is 4.31. The average Bonchev–Trinajstić information content (AvgIpc) is 2.40. The van der Waals surface area contributed by atoms with Crippen LogP contribution < -0.4 is 7.16 Å². The fraction of sp³-hybridized carbons (Fsp3) is 0. The van der Waals surface area contributed by atoms with E-state index in [1.54, 1.807) is 0 Å². The molecule has 1 nitrogen and oxygen atoms in total. The Morgan fingerprint density at radius 2 is 1.00 bits per heavy atom. The van der Waals surface area contributed by atoms with Crippen molar-refractivity contribution in [1.29, 1.82) is 0 Å². The molecule has 0 radical (unpaired) electrons. The summed E-state index contributed by atoms with van der Waals surface area (Å²) in [5, 5.41) is 0. The summed E-state index contributed by atoms with van der Waals surface area (Å²) in [7, 11) is 12.8. The van der Waals surface area contributed by atoms with Crippen LogP contribution in [0.1, 0.15) is 0 Å². The van der Waals surface area contributed by atoms with Crippen molar-refractivity contribution >= 4 is 63.1 Å².